The van der Waals surface area contributed by atoms with Crippen LogP contribution >= 0.6 is 11.3 Å². The van der Waals surface area contributed by atoms with E-state index in [0.717, 1.165) is 31.2 Å². The van der Waals surface area contributed by atoms with Gasteiger partial charge in [-0.1, -0.05) is 0 Å². The third-order valence-corrected chi connectivity index (χ3v) is 4.80. The fraction of sp³-hybridized carbons (Fsp3) is 0.438. The van der Waals surface area contributed by atoms with Gasteiger partial charge in [0, 0.05) is 36.9 Å². The predicted molar refractivity (Wildman–Crippen MR) is 87.7 cm³/mol. The van der Waals surface area contributed by atoms with Gasteiger partial charge >= 0.3 is 0 Å². The lowest BCUT2D eigenvalue weighted by atomic mass is 10.1. The highest BCUT2D eigenvalue weighted by Gasteiger charge is 2.23. The lowest BCUT2D eigenvalue weighted by Crippen LogP contribution is -2.22. The van der Waals surface area contributed by atoms with Crippen molar-refractivity contribution in [3.05, 3.63) is 40.0 Å². The van der Waals surface area contributed by atoms with Gasteiger partial charge in [0.2, 0.25) is 0 Å². The van der Waals surface area contributed by atoms with E-state index < -0.39 is 0 Å². The van der Waals surface area contributed by atoms with Crippen molar-refractivity contribution in [2.75, 3.05) is 25.0 Å². The molecule has 0 aliphatic carbocycles. The maximum Gasteiger partial charge on any atom is 0.143 e. The Labute approximate surface area is 134 Å². The normalized spacial score (nSPS) is 18.3. The number of pyridine rings is 1. The van der Waals surface area contributed by atoms with Gasteiger partial charge in [-0.15, -0.1) is 11.3 Å². The Hall–Kier alpha value is -1.97. The van der Waals surface area contributed by atoms with Gasteiger partial charge in [0.05, 0.1) is 10.6 Å². The lowest BCUT2D eigenvalue weighted by Gasteiger charge is -2.15. The molecule has 114 valence electrons. The molecule has 1 N–H and O–H groups in total. The Morgan fingerprint density at radius 1 is 1.50 bits per heavy atom. The van der Waals surface area contributed by atoms with Crippen molar-refractivity contribution >= 4 is 17.2 Å². The molecule has 1 unspecified atom stereocenters. The minimum absolute atomic E-state index is 0.600. The third-order valence-electron chi connectivity index (χ3n) is 3.90. The van der Waals surface area contributed by atoms with Gasteiger partial charge in [0.15, 0.2) is 0 Å². The molecule has 2 aromatic heterocycles. The van der Waals surface area contributed by atoms with E-state index in [1.54, 1.807) is 29.7 Å². The molecule has 1 saturated heterocycles. The average Bonchev–Trinajstić information content (AvgIpc) is 3.15. The Kier molecular flexibility index (Phi) is 4.66. The van der Waals surface area contributed by atoms with Gasteiger partial charge in [-0.2, -0.15) is 5.26 Å². The van der Waals surface area contributed by atoms with Crippen molar-refractivity contribution < 1.29 is 0 Å². The molecule has 22 heavy (non-hydrogen) atoms. The molecule has 2 aromatic rings. The summed E-state index contributed by atoms with van der Waals surface area (Å²) in [5.41, 5.74) is 0.609. The number of nitriles is 1. The molecule has 3 heterocycles. The standard InChI is InChI=1S/C16H19N5S/c1-12-19-9-15(22-12)11-21-6-4-13(10-21)8-20-16-14(7-17)3-2-5-18-16/h2-3,5,9,13H,4,6,8,10-11H2,1H3,(H,18,20). The lowest BCUT2D eigenvalue weighted by molar-refractivity contribution is 0.321. The van der Waals surface area contributed by atoms with E-state index in [0.29, 0.717) is 17.3 Å². The van der Waals surface area contributed by atoms with Crippen molar-refractivity contribution in [3.63, 3.8) is 0 Å². The summed E-state index contributed by atoms with van der Waals surface area (Å²) in [6, 6.07) is 5.76. The summed E-state index contributed by atoms with van der Waals surface area (Å²) in [6.07, 6.45) is 4.88. The Morgan fingerprint density at radius 3 is 3.18 bits per heavy atom. The van der Waals surface area contributed by atoms with Crippen molar-refractivity contribution in [1.29, 1.82) is 5.26 Å². The van der Waals surface area contributed by atoms with Crippen LogP contribution in [0, 0.1) is 24.2 Å². The van der Waals surface area contributed by atoms with E-state index in [4.69, 9.17) is 5.26 Å². The van der Waals surface area contributed by atoms with Gasteiger partial charge in [-0.3, -0.25) is 4.90 Å². The largest absolute Gasteiger partial charge is 0.369 e. The molecule has 0 amide bonds. The summed E-state index contributed by atoms with van der Waals surface area (Å²) in [5, 5.41) is 13.5. The Bertz CT molecular complexity index is 675. The number of thiazole rings is 1. The molecule has 0 radical (unpaired) electrons. The molecule has 1 aliphatic rings. The van der Waals surface area contributed by atoms with Crippen LogP contribution in [0.1, 0.15) is 21.9 Å². The monoisotopic (exact) mass is 313 g/mol. The second kappa shape index (κ2) is 6.86. The summed E-state index contributed by atoms with van der Waals surface area (Å²) in [6.45, 7) is 6.11. The average molecular weight is 313 g/mol. The molecule has 0 spiro atoms. The second-order valence-electron chi connectivity index (χ2n) is 5.63. The van der Waals surface area contributed by atoms with Crippen LogP contribution in [0.5, 0.6) is 0 Å². The van der Waals surface area contributed by atoms with Crippen molar-refractivity contribution in [3.8, 4) is 6.07 Å². The first-order valence-electron chi connectivity index (χ1n) is 7.47. The van der Waals surface area contributed by atoms with Crippen LogP contribution in [0.15, 0.2) is 24.5 Å². The number of rotatable bonds is 5. The van der Waals surface area contributed by atoms with Crippen LogP contribution in [-0.2, 0) is 6.54 Å². The molecule has 0 bridgehead atoms. The number of aryl methyl sites for hydroxylation is 1. The quantitative estimate of drug-likeness (QED) is 0.919. The molecule has 1 atom stereocenters. The predicted octanol–water partition coefficient (Wildman–Crippen LogP) is 2.65. The summed E-state index contributed by atoms with van der Waals surface area (Å²) >= 11 is 1.78. The van der Waals surface area contributed by atoms with Crippen LogP contribution in [-0.4, -0.2) is 34.5 Å². The van der Waals surface area contributed by atoms with Crippen molar-refractivity contribution in [2.45, 2.75) is 19.9 Å². The Morgan fingerprint density at radius 2 is 2.41 bits per heavy atom. The highest BCUT2D eigenvalue weighted by atomic mass is 32.1. The fourth-order valence-corrected chi connectivity index (χ4v) is 3.64. The number of nitrogens with one attached hydrogen (secondary N) is 1. The first kappa shape index (κ1) is 14.9. The zero-order valence-corrected chi connectivity index (χ0v) is 13.4. The Balaban J connectivity index is 1.50. The van der Waals surface area contributed by atoms with Crippen LogP contribution < -0.4 is 5.32 Å². The molecular formula is C16H19N5S. The molecule has 5 nitrogen and oxygen atoms in total. The minimum atomic E-state index is 0.600. The third kappa shape index (κ3) is 3.62. The smallest absolute Gasteiger partial charge is 0.143 e. The van der Waals surface area contributed by atoms with Crippen LogP contribution in [0.3, 0.4) is 0 Å². The van der Waals surface area contributed by atoms with Gasteiger partial charge in [-0.05, 0) is 37.9 Å². The number of anilines is 1. The number of aromatic nitrogens is 2. The van der Waals surface area contributed by atoms with Gasteiger partial charge in [0.25, 0.3) is 0 Å². The number of hydrogen-bond acceptors (Lipinski definition) is 6. The molecule has 1 aliphatic heterocycles. The zero-order chi connectivity index (χ0) is 15.4. The molecule has 3 rings (SSSR count). The summed E-state index contributed by atoms with van der Waals surface area (Å²) in [4.78, 5) is 12.4. The zero-order valence-electron chi connectivity index (χ0n) is 12.6. The van der Waals surface area contributed by atoms with Crippen molar-refractivity contribution in [2.24, 2.45) is 5.92 Å². The topological polar surface area (TPSA) is 64.8 Å². The maximum absolute atomic E-state index is 9.08. The van der Waals surface area contributed by atoms with E-state index >= 15 is 0 Å². The van der Waals surface area contributed by atoms with E-state index in [9.17, 15) is 0 Å². The van der Waals surface area contributed by atoms with Gasteiger partial charge in [0.1, 0.15) is 11.9 Å². The fourth-order valence-electron chi connectivity index (χ4n) is 2.80. The number of likely N-dealkylation sites (tertiary alicyclic amines) is 1. The van der Waals surface area contributed by atoms with Crippen molar-refractivity contribution in [1.82, 2.24) is 14.9 Å². The van der Waals surface area contributed by atoms with Gasteiger partial charge < -0.3 is 5.32 Å². The first-order chi connectivity index (χ1) is 10.7. The van der Waals surface area contributed by atoms with E-state index in [-0.39, 0.29) is 0 Å². The van der Waals surface area contributed by atoms with Crippen LogP contribution in [0.2, 0.25) is 0 Å². The van der Waals surface area contributed by atoms with Crippen LogP contribution in [0.25, 0.3) is 0 Å². The number of hydrogen-bond donors (Lipinski definition) is 1. The number of nitrogens with zero attached hydrogens (tertiary/aromatic N) is 4. The molecule has 0 aromatic carbocycles. The molecule has 0 saturated carbocycles. The molecular weight excluding hydrogens is 294 g/mol. The SMILES string of the molecule is Cc1ncc(CN2CCC(CNc3ncccc3C#N)C2)s1. The van der Waals surface area contributed by atoms with E-state index in [1.807, 2.05) is 13.1 Å². The van der Waals surface area contributed by atoms with Crippen LogP contribution in [0.4, 0.5) is 5.82 Å². The molecule has 1 fully saturated rings. The highest BCUT2D eigenvalue weighted by Crippen LogP contribution is 2.22. The maximum atomic E-state index is 9.08. The highest BCUT2D eigenvalue weighted by molar-refractivity contribution is 7.11. The molecule has 6 heteroatoms. The summed E-state index contributed by atoms with van der Waals surface area (Å²) in [5.74, 6) is 1.30. The second-order valence-corrected chi connectivity index (χ2v) is 6.95. The van der Waals surface area contributed by atoms with E-state index in [2.05, 4.69) is 26.3 Å². The van der Waals surface area contributed by atoms with Gasteiger partial charge in [-0.25, -0.2) is 9.97 Å². The summed E-state index contributed by atoms with van der Waals surface area (Å²) in [7, 11) is 0. The first-order valence-corrected chi connectivity index (χ1v) is 8.29. The summed E-state index contributed by atoms with van der Waals surface area (Å²) < 4.78 is 0. The van der Waals surface area contributed by atoms with E-state index in [1.165, 1.54) is 11.3 Å². The minimum Gasteiger partial charge on any atom is -0.369 e.